The number of hydrogen-bond donors (Lipinski definition) is 0. The summed E-state index contributed by atoms with van der Waals surface area (Å²) in [5.74, 6) is 1.29. The lowest BCUT2D eigenvalue weighted by Gasteiger charge is -2.20. The zero-order valence-corrected chi connectivity index (χ0v) is 13.1. The van der Waals surface area contributed by atoms with E-state index in [2.05, 4.69) is 4.98 Å². The van der Waals surface area contributed by atoms with Crippen molar-refractivity contribution in [2.45, 2.75) is 5.88 Å². The van der Waals surface area contributed by atoms with Gasteiger partial charge < -0.3 is 4.90 Å². The normalized spacial score (nSPS) is 11.8. The summed E-state index contributed by atoms with van der Waals surface area (Å²) in [6, 6.07) is 7.88. The minimum Gasteiger partial charge on any atom is -0.358 e. The number of hydrogen-bond acceptors (Lipinski definition) is 4. The van der Waals surface area contributed by atoms with Gasteiger partial charge in [0.2, 0.25) is 0 Å². The maximum Gasteiger partial charge on any atom is 0.149 e. The third-order valence-corrected chi connectivity index (χ3v) is 4.37. The fourth-order valence-electron chi connectivity index (χ4n) is 2.06. The highest BCUT2D eigenvalue weighted by atomic mass is 35.5. The number of alkyl halides is 1. The van der Waals surface area contributed by atoms with Crippen LogP contribution in [0.15, 0.2) is 30.5 Å². The van der Waals surface area contributed by atoms with E-state index in [1.54, 1.807) is 6.20 Å². The van der Waals surface area contributed by atoms with Gasteiger partial charge in [-0.15, -0.1) is 11.6 Å². The number of benzene rings is 1. The summed E-state index contributed by atoms with van der Waals surface area (Å²) in [6.07, 6.45) is 2.99. The predicted molar refractivity (Wildman–Crippen MR) is 84.3 cm³/mol. The van der Waals surface area contributed by atoms with E-state index in [4.69, 9.17) is 11.6 Å². The van der Waals surface area contributed by atoms with Crippen molar-refractivity contribution in [2.24, 2.45) is 0 Å². The van der Waals surface area contributed by atoms with Crippen molar-refractivity contribution in [3.8, 4) is 0 Å². The lowest BCUT2D eigenvalue weighted by Crippen LogP contribution is -2.25. The van der Waals surface area contributed by atoms with Crippen LogP contribution in [-0.4, -0.2) is 39.0 Å². The standard InChI is InChI=1S/C14H17ClN2O2S/c1-17(7-8-20(2,18)19)14-13-6-4-3-5-12(13)11(9-15)10-16-14/h3-6,10H,7-9H2,1-2H3. The Morgan fingerprint density at radius 2 is 1.90 bits per heavy atom. The Balaban J connectivity index is 2.40. The maximum absolute atomic E-state index is 11.3. The van der Waals surface area contributed by atoms with Crippen LogP contribution >= 0.6 is 11.6 Å². The summed E-state index contributed by atoms with van der Waals surface area (Å²) in [5.41, 5.74) is 0.975. The van der Waals surface area contributed by atoms with E-state index in [1.807, 2.05) is 36.2 Å². The van der Waals surface area contributed by atoms with Gasteiger partial charge in [-0.05, 0) is 10.9 Å². The first-order chi connectivity index (χ1) is 9.42. The van der Waals surface area contributed by atoms with Crippen LogP contribution in [0.5, 0.6) is 0 Å². The average Bonchev–Trinajstić information content (AvgIpc) is 2.42. The van der Waals surface area contributed by atoms with Gasteiger partial charge in [0.15, 0.2) is 0 Å². The molecule has 0 amide bonds. The smallest absolute Gasteiger partial charge is 0.149 e. The number of halogens is 1. The Kier molecular flexibility index (Phi) is 4.50. The van der Waals surface area contributed by atoms with Crippen LogP contribution in [0.25, 0.3) is 10.8 Å². The number of aromatic nitrogens is 1. The third-order valence-electron chi connectivity index (χ3n) is 3.16. The van der Waals surface area contributed by atoms with E-state index in [9.17, 15) is 8.42 Å². The molecule has 108 valence electrons. The second-order valence-corrected chi connectivity index (χ2v) is 7.36. The quantitative estimate of drug-likeness (QED) is 0.796. The van der Waals surface area contributed by atoms with Crippen LogP contribution < -0.4 is 4.90 Å². The molecule has 0 saturated heterocycles. The fourth-order valence-corrected chi connectivity index (χ4v) is 2.87. The molecular weight excluding hydrogens is 296 g/mol. The van der Waals surface area contributed by atoms with Crippen LogP contribution in [0.1, 0.15) is 5.56 Å². The molecule has 0 saturated carbocycles. The van der Waals surface area contributed by atoms with Gasteiger partial charge in [-0.3, -0.25) is 0 Å². The number of rotatable bonds is 5. The molecule has 0 unspecified atom stereocenters. The van der Waals surface area contributed by atoms with E-state index in [1.165, 1.54) is 6.26 Å². The van der Waals surface area contributed by atoms with Gasteiger partial charge in [0, 0.05) is 37.3 Å². The second-order valence-electron chi connectivity index (χ2n) is 4.84. The zero-order valence-electron chi connectivity index (χ0n) is 11.5. The summed E-state index contributed by atoms with van der Waals surface area (Å²) < 4.78 is 22.5. The van der Waals surface area contributed by atoms with E-state index < -0.39 is 9.84 Å². The highest BCUT2D eigenvalue weighted by molar-refractivity contribution is 7.90. The summed E-state index contributed by atoms with van der Waals surface area (Å²) >= 11 is 5.93. The van der Waals surface area contributed by atoms with Crippen LogP contribution in [0, 0.1) is 0 Å². The molecule has 0 aliphatic heterocycles. The molecule has 1 aromatic heterocycles. The summed E-state index contributed by atoms with van der Waals surface area (Å²) in [4.78, 5) is 6.29. The van der Waals surface area contributed by atoms with Crippen LogP contribution in [0.3, 0.4) is 0 Å². The third kappa shape index (κ3) is 3.41. The summed E-state index contributed by atoms with van der Waals surface area (Å²) in [6.45, 7) is 0.413. The Hall–Kier alpha value is -1.33. The van der Waals surface area contributed by atoms with Gasteiger partial charge in [0.1, 0.15) is 15.7 Å². The number of anilines is 1. The number of fused-ring (bicyclic) bond motifs is 1. The first-order valence-electron chi connectivity index (χ1n) is 6.24. The van der Waals surface area contributed by atoms with Crippen LogP contribution in [0.2, 0.25) is 0 Å². The molecule has 0 bridgehead atoms. The molecule has 1 heterocycles. The molecule has 0 fully saturated rings. The zero-order chi connectivity index (χ0) is 14.8. The van der Waals surface area contributed by atoms with Crippen molar-refractivity contribution in [2.75, 3.05) is 30.5 Å². The van der Waals surface area contributed by atoms with E-state index in [-0.39, 0.29) is 5.75 Å². The van der Waals surface area contributed by atoms with E-state index in [0.717, 1.165) is 22.2 Å². The Morgan fingerprint density at radius 1 is 1.25 bits per heavy atom. The molecule has 1 aromatic carbocycles. The van der Waals surface area contributed by atoms with Crippen molar-refractivity contribution < 1.29 is 8.42 Å². The molecule has 0 aliphatic rings. The SMILES string of the molecule is CN(CCS(C)(=O)=O)c1ncc(CCl)c2ccccc12. The minimum atomic E-state index is -2.98. The molecule has 6 heteroatoms. The Morgan fingerprint density at radius 3 is 2.50 bits per heavy atom. The van der Waals surface area contributed by atoms with Crippen LogP contribution in [-0.2, 0) is 15.7 Å². The lowest BCUT2D eigenvalue weighted by atomic mass is 10.1. The van der Waals surface area contributed by atoms with Crippen molar-refractivity contribution in [1.29, 1.82) is 0 Å². The minimum absolute atomic E-state index is 0.108. The number of sulfone groups is 1. The summed E-state index contributed by atoms with van der Waals surface area (Å²) in [5, 5.41) is 2.04. The molecule has 0 aliphatic carbocycles. The molecule has 20 heavy (non-hydrogen) atoms. The molecule has 0 atom stereocenters. The van der Waals surface area contributed by atoms with Crippen LogP contribution in [0.4, 0.5) is 5.82 Å². The molecule has 4 nitrogen and oxygen atoms in total. The molecule has 0 spiro atoms. The molecule has 2 aromatic rings. The lowest BCUT2D eigenvalue weighted by molar-refractivity contribution is 0.601. The van der Waals surface area contributed by atoms with Gasteiger partial charge in [0.05, 0.1) is 5.75 Å². The van der Waals surface area contributed by atoms with E-state index >= 15 is 0 Å². The molecule has 0 radical (unpaired) electrons. The highest BCUT2D eigenvalue weighted by Gasteiger charge is 2.12. The molecule has 2 rings (SSSR count). The average molecular weight is 313 g/mol. The second kappa shape index (κ2) is 5.97. The Labute approximate surface area is 124 Å². The van der Waals surface area contributed by atoms with Crippen molar-refractivity contribution >= 4 is 38.0 Å². The predicted octanol–water partition coefficient (Wildman–Crippen LogP) is 2.45. The van der Waals surface area contributed by atoms with Gasteiger partial charge >= 0.3 is 0 Å². The number of pyridine rings is 1. The number of nitrogens with zero attached hydrogens (tertiary/aromatic N) is 2. The van der Waals surface area contributed by atoms with Gasteiger partial charge in [-0.1, -0.05) is 24.3 Å². The highest BCUT2D eigenvalue weighted by Crippen LogP contribution is 2.27. The maximum atomic E-state index is 11.3. The molecular formula is C14H17ClN2O2S. The fraction of sp³-hybridized carbons (Fsp3) is 0.357. The van der Waals surface area contributed by atoms with E-state index in [0.29, 0.717) is 12.4 Å². The van der Waals surface area contributed by atoms with Gasteiger partial charge in [-0.25, -0.2) is 13.4 Å². The summed E-state index contributed by atoms with van der Waals surface area (Å²) in [7, 11) is -1.14. The first-order valence-corrected chi connectivity index (χ1v) is 8.83. The van der Waals surface area contributed by atoms with Gasteiger partial charge in [-0.2, -0.15) is 0 Å². The topological polar surface area (TPSA) is 50.3 Å². The van der Waals surface area contributed by atoms with Crippen molar-refractivity contribution in [3.63, 3.8) is 0 Å². The molecule has 0 N–H and O–H groups in total. The Bertz CT molecular complexity index is 716. The largest absolute Gasteiger partial charge is 0.358 e. The first kappa shape index (κ1) is 15.1. The van der Waals surface area contributed by atoms with Gasteiger partial charge in [0.25, 0.3) is 0 Å². The van der Waals surface area contributed by atoms with Crippen molar-refractivity contribution in [3.05, 3.63) is 36.0 Å². The monoisotopic (exact) mass is 312 g/mol. The van der Waals surface area contributed by atoms with Crippen molar-refractivity contribution in [1.82, 2.24) is 4.98 Å².